The summed E-state index contributed by atoms with van der Waals surface area (Å²) in [6.07, 6.45) is 4.86. The number of aromatic nitrogens is 1. The van der Waals surface area contributed by atoms with E-state index in [0.717, 1.165) is 24.4 Å². The summed E-state index contributed by atoms with van der Waals surface area (Å²) in [5, 5.41) is 9.42. The SMILES string of the molecule is COc1ccccc1/C=C/c1nc(C#N)c(N2C[C@@H](C)C[C@H](C)C2)o1. The predicted molar refractivity (Wildman–Crippen MR) is 98.3 cm³/mol. The molecule has 1 fully saturated rings. The molecule has 130 valence electrons. The van der Waals surface area contributed by atoms with E-state index in [0.29, 0.717) is 29.3 Å². The maximum absolute atomic E-state index is 9.42. The molecule has 5 heteroatoms. The predicted octanol–water partition coefficient (Wildman–Crippen LogP) is 4.21. The minimum Gasteiger partial charge on any atom is -0.496 e. The molecule has 0 aliphatic carbocycles. The molecule has 0 unspecified atom stereocenters. The van der Waals surface area contributed by atoms with Gasteiger partial charge >= 0.3 is 0 Å². The highest BCUT2D eigenvalue weighted by Gasteiger charge is 2.27. The highest BCUT2D eigenvalue weighted by Crippen LogP contribution is 2.30. The quantitative estimate of drug-likeness (QED) is 0.836. The number of hydrogen-bond donors (Lipinski definition) is 0. The molecule has 0 bridgehead atoms. The highest BCUT2D eigenvalue weighted by atomic mass is 16.5. The zero-order chi connectivity index (χ0) is 17.8. The highest BCUT2D eigenvalue weighted by molar-refractivity contribution is 5.70. The average molecular weight is 337 g/mol. The summed E-state index contributed by atoms with van der Waals surface area (Å²) in [4.78, 5) is 6.47. The van der Waals surface area contributed by atoms with Crippen LogP contribution >= 0.6 is 0 Å². The van der Waals surface area contributed by atoms with Gasteiger partial charge in [-0.05, 0) is 30.4 Å². The van der Waals surface area contributed by atoms with Gasteiger partial charge in [0.2, 0.25) is 17.5 Å². The smallest absolute Gasteiger partial charge is 0.235 e. The van der Waals surface area contributed by atoms with Gasteiger partial charge in [0.1, 0.15) is 11.8 Å². The Bertz CT molecular complexity index is 794. The Hall–Kier alpha value is -2.74. The van der Waals surface area contributed by atoms with E-state index in [2.05, 4.69) is 29.8 Å². The first kappa shape index (κ1) is 17.1. The topological polar surface area (TPSA) is 62.3 Å². The number of ether oxygens (including phenoxy) is 1. The number of nitriles is 1. The van der Waals surface area contributed by atoms with Crippen LogP contribution < -0.4 is 9.64 Å². The second kappa shape index (κ2) is 7.43. The first-order chi connectivity index (χ1) is 12.1. The molecule has 1 aliphatic rings. The van der Waals surface area contributed by atoms with Crippen molar-refractivity contribution in [3.63, 3.8) is 0 Å². The van der Waals surface area contributed by atoms with Gasteiger partial charge in [-0.3, -0.25) is 0 Å². The number of nitrogens with zero attached hydrogens (tertiary/aromatic N) is 3. The van der Waals surface area contributed by atoms with Crippen molar-refractivity contribution in [2.45, 2.75) is 20.3 Å². The number of piperidine rings is 1. The van der Waals surface area contributed by atoms with E-state index in [4.69, 9.17) is 9.15 Å². The molecule has 1 aromatic carbocycles. The molecule has 1 aliphatic heterocycles. The van der Waals surface area contributed by atoms with Crippen LogP contribution in [0.3, 0.4) is 0 Å². The summed E-state index contributed by atoms with van der Waals surface area (Å²) in [6.45, 7) is 6.24. The van der Waals surface area contributed by atoms with Crippen LogP contribution in [-0.2, 0) is 0 Å². The molecule has 0 N–H and O–H groups in total. The Balaban J connectivity index is 1.86. The van der Waals surface area contributed by atoms with Gasteiger partial charge in [-0.15, -0.1) is 0 Å². The molecule has 25 heavy (non-hydrogen) atoms. The average Bonchev–Trinajstić information content (AvgIpc) is 3.03. The number of benzene rings is 1. The summed E-state index contributed by atoms with van der Waals surface area (Å²) in [7, 11) is 1.64. The number of oxazole rings is 1. The van der Waals surface area contributed by atoms with Gasteiger partial charge in [-0.25, -0.2) is 0 Å². The van der Waals surface area contributed by atoms with Crippen LogP contribution in [0.1, 0.15) is 37.4 Å². The van der Waals surface area contributed by atoms with Crippen molar-refractivity contribution in [3.8, 4) is 11.8 Å². The van der Waals surface area contributed by atoms with Gasteiger partial charge in [0, 0.05) is 24.7 Å². The van der Waals surface area contributed by atoms with E-state index in [-0.39, 0.29) is 0 Å². The van der Waals surface area contributed by atoms with E-state index in [9.17, 15) is 5.26 Å². The van der Waals surface area contributed by atoms with Gasteiger partial charge in [0.25, 0.3) is 0 Å². The lowest BCUT2D eigenvalue weighted by molar-refractivity contribution is 0.342. The lowest BCUT2D eigenvalue weighted by Gasteiger charge is -2.34. The molecule has 2 atom stereocenters. The number of hydrogen-bond acceptors (Lipinski definition) is 5. The van der Waals surface area contributed by atoms with Crippen molar-refractivity contribution in [3.05, 3.63) is 41.4 Å². The maximum atomic E-state index is 9.42. The summed E-state index contributed by atoms with van der Waals surface area (Å²) in [6, 6.07) is 9.88. The van der Waals surface area contributed by atoms with E-state index in [1.807, 2.05) is 30.3 Å². The van der Waals surface area contributed by atoms with E-state index >= 15 is 0 Å². The van der Waals surface area contributed by atoms with Gasteiger partial charge in [-0.2, -0.15) is 10.2 Å². The Morgan fingerprint density at radius 3 is 2.64 bits per heavy atom. The van der Waals surface area contributed by atoms with Crippen molar-refractivity contribution in [2.75, 3.05) is 25.1 Å². The third-order valence-corrected chi connectivity index (χ3v) is 4.43. The number of para-hydroxylation sites is 1. The number of anilines is 1. The fraction of sp³-hybridized carbons (Fsp3) is 0.400. The Kier molecular flexibility index (Phi) is 5.08. The third-order valence-electron chi connectivity index (χ3n) is 4.43. The lowest BCUT2D eigenvalue weighted by atomic mass is 9.92. The molecule has 3 rings (SSSR count). The first-order valence-electron chi connectivity index (χ1n) is 8.57. The minimum atomic E-state index is 0.348. The van der Waals surface area contributed by atoms with Crippen LogP contribution in [0.2, 0.25) is 0 Å². The van der Waals surface area contributed by atoms with Crippen molar-refractivity contribution < 1.29 is 9.15 Å². The van der Waals surface area contributed by atoms with Crippen LogP contribution in [0.5, 0.6) is 5.75 Å². The normalized spacial score (nSPS) is 20.6. The Morgan fingerprint density at radius 1 is 1.24 bits per heavy atom. The summed E-state index contributed by atoms with van der Waals surface area (Å²) in [5.74, 6) is 2.95. The van der Waals surface area contributed by atoms with Crippen molar-refractivity contribution in [2.24, 2.45) is 11.8 Å². The van der Waals surface area contributed by atoms with Crippen LogP contribution in [-0.4, -0.2) is 25.2 Å². The largest absolute Gasteiger partial charge is 0.496 e. The molecular weight excluding hydrogens is 314 g/mol. The van der Waals surface area contributed by atoms with Crippen LogP contribution in [0, 0.1) is 23.2 Å². The second-order valence-corrected chi connectivity index (χ2v) is 6.74. The lowest BCUT2D eigenvalue weighted by Crippen LogP contribution is -2.38. The van der Waals surface area contributed by atoms with Gasteiger partial charge < -0.3 is 14.1 Å². The molecule has 1 saturated heterocycles. The molecular formula is C20H23N3O2. The molecule has 0 spiro atoms. The van der Waals surface area contributed by atoms with Gasteiger partial charge in [-0.1, -0.05) is 32.0 Å². The zero-order valence-electron chi connectivity index (χ0n) is 14.9. The molecule has 1 aromatic heterocycles. The number of rotatable bonds is 4. The monoisotopic (exact) mass is 337 g/mol. The maximum Gasteiger partial charge on any atom is 0.235 e. The standard InChI is InChI=1S/C20H23N3O2/c1-14-10-15(2)13-23(12-14)20-17(11-21)22-19(25-20)9-8-16-6-4-5-7-18(16)24-3/h4-9,14-15H,10,12-13H2,1-3H3/b9-8+/t14-,15-/m0/s1. The van der Waals surface area contributed by atoms with Crippen molar-refractivity contribution in [1.82, 2.24) is 4.98 Å². The zero-order valence-corrected chi connectivity index (χ0v) is 14.9. The fourth-order valence-corrected chi connectivity index (χ4v) is 3.48. The molecule has 0 radical (unpaired) electrons. The third kappa shape index (κ3) is 3.85. The van der Waals surface area contributed by atoms with Gasteiger partial charge in [0.15, 0.2) is 0 Å². The number of methoxy groups -OCH3 is 1. The van der Waals surface area contributed by atoms with Crippen LogP contribution in [0.15, 0.2) is 28.7 Å². The molecule has 2 heterocycles. The summed E-state index contributed by atoms with van der Waals surface area (Å²) < 4.78 is 11.2. The van der Waals surface area contributed by atoms with Crippen molar-refractivity contribution in [1.29, 1.82) is 5.26 Å². The molecule has 0 saturated carbocycles. The Labute approximate surface area is 148 Å². The summed E-state index contributed by atoms with van der Waals surface area (Å²) in [5.41, 5.74) is 1.28. The molecule has 2 aromatic rings. The molecule has 5 nitrogen and oxygen atoms in total. The van der Waals surface area contributed by atoms with Crippen molar-refractivity contribution >= 4 is 18.0 Å². The Morgan fingerprint density at radius 2 is 1.96 bits per heavy atom. The second-order valence-electron chi connectivity index (χ2n) is 6.74. The van der Waals surface area contributed by atoms with E-state index in [1.165, 1.54) is 6.42 Å². The summed E-state index contributed by atoms with van der Waals surface area (Å²) >= 11 is 0. The van der Waals surface area contributed by atoms with Crippen LogP contribution in [0.25, 0.3) is 12.2 Å². The van der Waals surface area contributed by atoms with Gasteiger partial charge in [0.05, 0.1) is 7.11 Å². The van der Waals surface area contributed by atoms with Crippen LogP contribution in [0.4, 0.5) is 5.88 Å². The van der Waals surface area contributed by atoms with E-state index < -0.39 is 0 Å². The molecule has 0 amide bonds. The first-order valence-corrected chi connectivity index (χ1v) is 8.57. The minimum absolute atomic E-state index is 0.348. The van der Waals surface area contributed by atoms with E-state index in [1.54, 1.807) is 13.2 Å². The fourth-order valence-electron chi connectivity index (χ4n) is 3.48.